The fourth-order valence-corrected chi connectivity index (χ4v) is 2.15. The summed E-state index contributed by atoms with van der Waals surface area (Å²) in [5, 5.41) is 4.26. The van der Waals surface area contributed by atoms with Gasteiger partial charge in [0.2, 0.25) is 0 Å². The molecule has 0 saturated carbocycles. The third-order valence-electron chi connectivity index (χ3n) is 2.59. The van der Waals surface area contributed by atoms with Crippen molar-refractivity contribution in [3.8, 4) is 0 Å². The fraction of sp³-hybridized carbons (Fsp3) is 0.750. The molecular weight excluding hydrogens is 245 g/mol. The van der Waals surface area contributed by atoms with Crippen LogP contribution in [0.15, 0.2) is 0 Å². The summed E-state index contributed by atoms with van der Waals surface area (Å²) >= 11 is 0. The van der Waals surface area contributed by atoms with Crippen molar-refractivity contribution in [1.82, 2.24) is 15.6 Å². The van der Waals surface area contributed by atoms with Crippen LogP contribution in [0.4, 0.5) is 4.79 Å². The Morgan fingerprint density at radius 2 is 2.35 bits per heavy atom. The highest BCUT2D eigenvalue weighted by Crippen LogP contribution is 2.28. The van der Waals surface area contributed by atoms with Crippen molar-refractivity contribution in [3.05, 3.63) is 0 Å². The van der Waals surface area contributed by atoms with Gasteiger partial charge < -0.3 is 16.4 Å². The summed E-state index contributed by atoms with van der Waals surface area (Å²) in [6.07, 6.45) is 0.352. The van der Waals surface area contributed by atoms with Gasteiger partial charge in [0.1, 0.15) is 0 Å². The molecule has 1 aliphatic rings. The Balaban J connectivity index is 2.80. The summed E-state index contributed by atoms with van der Waals surface area (Å²) in [6, 6.07) is -1.16. The van der Waals surface area contributed by atoms with E-state index in [4.69, 9.17) is 11.6 Å². The first kappa shape index (κ1) is 13.8. The van der Waals surface area contributed by atoms with Gasteiger partial charge in [0.25, 0.3) is 5.91 Å². The number of urea groups is 1. The van der Waals surface area contributed by atoms with Crippen LogP contribution in [0.3, 0.4) is 0 Å². The van der Waals surface area contributed by atoms with E-state index in [1.54, 1.807) is 6.92 Å². The quantitative estimate of drug-likeness (QED) is 0.286. The molecule has 1 fully saturated rings. The molecule has 1 saturated heterocycles. The lowest BCUT2D eigenvalue weighted by atomic mass is 9.99. The third-order valence-corrected chi connectivity index (χ3v) is 3.39. The number of amides is 3. The molecule has 3 amide bonds. The maximum absolute atomic E-state index is 11.7. The Hall–Kier alpha value is -1.24. The van der Waals surface area contributed by atoms with Crippen molar-refractivity contribution in [2.24, 2.45) is 11.6 Å². The first-order chi connectivity index (χ1) is 7.95. The number of carbonyl (C=O) groups excluding carboxylic acids is 2. The Morgan fingerprint density at radius 3 is 2.88 bits per heavy atom. The third kappa shape index (κ3) is 2.71. The predicted octanol–water partition coefficient (Wildman–Crippen LogP) is -1.27. The number of nitrogens with two attached hydrogens (primary N) is 2. The summed E-state index contributed by atoms with van der Waals surface area (Å²) in [7, 11) is -0.568. The lowest BCUT2D eigenvalue weighted by molar-refractivity contribution is -0.137. The summed E-state index contributed by atoms with van der Waals surface area (Å²) < 4.78 is 11.1. The number of hydrazine groups is 1. The molecule has 6 N–H and O–H groups in total. The van der Waals surface area contributed by atoms with Crippen LogP contribution in [0, 0.1) is 0 Å². The molecule has 1 unspecified atom stereocenters. The summed E-state index contributed by atoms with van der Waals surface area (Å²) in [5.41, 5.74) is 5.74. The van der Waals surface area contributed by atoms with Gasteiger partial charge in [-0.1, -0.05) is 0 Å². The van der Waals surface area contributed by atoms with Crippen molar-refractivity contribution < 1.29 is 14.2 Å². The monoisotopic (exact) mass is 261 g/mol. The topological polar surface area (TPSA) is 131 Å². The average molecular weight is 261 g/mol. The molecule has 0 aromatic rings. The second kappa shape index (κ2) is 5.39. The van der Waals surface area contributed by atoms with Gasteiger partial charge in [-0.25, -0.2) is 10.6 Å². The van der Waals surface area contributed by atoms with Crippen LogP contribution in [0.25, 0.3) is 0 Å². The van der Waals surface area contributed by atoms with E-state index in [0.29, 0.717) is 13.0 Å². The minimum absolute atomic E-state index is 0.254. The second-order valence-corrected chi connectivity index (χ2v) is 4.68. The van der Waals surface area contributed by atoms with Gasteiger partial charge in [-0.05, 0) is 13.3 Å². The molecule has 0 radical (unpaired) electrons. The van der Waals surface area contributed by atoms with Crippen molar-refractivity contribution in [2.75, 3.05) is 13.1 Å². The van der Waals surface area contributed by atoms with Gasteiger partial charge in [0.05, 0.1) is 6.04 Å². The van der Waals surface area contributed by atoms with Crippen LogP contribution >= 0.6 is 8.46 Å². The molecule has 17 heavy (non-hydrogen) atoms. The largest absolute Gasteiger partial charge is 0.338 e. The Kier molecular flexibility index (Phi) is 4.39. The molecule has 9 heteroatoms. The second-order valence-electron chi connectivity index (χ2n) is 3.76. The molecule has 1 heterocycles. The molecule has 0 bridgehead atoms. The first-order valence-electron chi connectivity index (χ1n) is 5.20. The number of carbonyl (C=O) groups is 2. The molecule has 96 valence electrons. The molecule has 0 spiro atoms. The maximum atomic E-state index is 11.7. The van der Waals surface area contributed by atoms with Gasteiger partial charge >= 0.3 is 6.03 Å². The summed E-state index contributed by atoms with van der Waals surface area (Å²) in [5.74, 6) is 4.76. The zero-order valence-electron chi connectivity index (χ0n) is 9.47. The van der Waals surface area contributed by atoms with Gasteiger partial charge in [-0.3, -0.25) is 14.4 Å². The lowest BCUT2D eigenvalue weighted by Gasteiger charge is -2.38. The van der Waals surface area contributed by atoms with Crippen LogP contribution < -0.4 is 22.2 Å². The molecule has 0 aromatic carbocycles. The van der Waals surface area contributed by atoms with E-state index in [9.17, 15) is 14.2 Å². The number of hydrogen-bond acceptors (Lipinski definition) is 5. The highest BCUT2D eigenvalue weighted by Gasteiger charge is 2.49. The Bertz CT molecular complexity index is 339. The molecule has 2 atom stereocenters. The van der Waals surface area contributed by atoms with E-state index in [2.05, 4.69) is 10.6 Å². The molecular formula is C8H16N5O3P. The van der Waals surface area contributed by atoms with Crippen molar-refractivity contribution in [2.45, 2.75) is 24.7 Å². The number of nitrogens with zero attached hydrogens (tertiary/aromatic N) is 1. The average Bonchev–Trinajstić information content (AvgIpc) is 2.30. The van der Waals surface area contributed by atoms with Gasteiger partial charge in [-0.15, -0.1) is 0 Å². The predicted molar refractivity (Wildman–Crippen MR) is 61.0 cm³/mol. The maximum Gasteiger partial charge on any atom is 0.315 e. The van der Waals surface area contributed by atoms with E-state index in [1.807, 2.05) is 0 Å². The van der Waals surface area contributed by atoms with E-state index >= 15 is 0 Å². The molecule has 1 rings (SSSR count). The van der Waals surface area contributed by atoms with Crippen LogP contribution in [0.1, 0.15) is 13.3 Å². The molecule has 1 aliphatic heterocycles. The summed E-state index contributed by atoms with van der Waals surface area (Å²) in [4.78, 5) is 23.1. The Labute approximate surface area is 100 Å². The number of hydrogen-bond donors (Lipinski definition) is 4. The zero-order chi connectivity index (χ0) is 13.1. The van der Waals surface area contributed by atoms with Gasteiger partial charge in [0, 0.05) is 13.1 Å². The highest BCUT2D eigenvalue weighted by atomic mass is 31.1. The van der Waals surface area contributed by atoms with Gasteiger partial charge in [-0.2, -0.15) is 0 Å². The van der Waals surface area contributed by atoms with Crippen molar-refractivity contribution in [3.63, 3.8) is 0 Å². The molecule has 0 aliphatic carbocycles. The smallest absolute Gasteiger partial charge is 0.315 e. The SMILES string of the molecule is CCNC(=O)NC1CCN(N)C(=O)[C@@]1(N)P=O. The number of nitrogens with one attached hydrogen (secondary N) is 2. The lowest BCUT2D eigenvalue weighted by Crippen LogP contribution is -2.69. The van der Waals surface area contributed by atoms with E-state index in [1.165, 1.54) is 0 Å². The molecule has 0 aromatic heterocycles. The van der Waals surface area contributed by atoms with Crippen LogP contribution in [0.2, 0.25) is 0 Å². The van der Waals surface area contributed by atoms with Crippen LogP contribution in [0.5, 0.6) is 0 Å². The van der Waals surface area contributed by atoms with E-state index in [0.717, 1.165) is 5.01 Å². The Morgan fingerprint density at radius 1 is 1.71 bits per heavy atom. The first-order valence-corrected chi connectivity index (χ1v) is 6.01. The van der Waals surface area contributed by atoms with Crippen LogP contribution in [-0.4, -0.2) is 41.4 Å². The van der Waals surface area contributed by atoms with Gasteiger partial charge in [0.15, 0.2) is 13.7 Å². The van der Waals surface area contributed by atoms with Crippen LogP contribution in [-0.2, 0) is 9.36 Å². The van der Waals surface area contributed by atoms with Crippen molar-refractivity contribution >= 4 is 20.4 Å². The number of piperidine rings is 1. The van der Waals surface area contributed by atoms with Crippen molar-refractivity contribution in [1.29, 1.82) is 0 Å². The molecule has 8 nitrogen and oxygen atoms in total. The zero-order valence-corrected chi connectivity index (χ0v) is 10.4. The minimum Gasteiger partial charge on any atom is -0.338 e. The summed E-state index contributed by atoms with van der Waals surface area (Å²) in [6.45, 7) is 2.46. The van der Waals surface area contributed by atoms with E-state index < -0.39 is 31.7 Å². The highest BCUT2D eigenvalue weighted by molar-refractivity contribution is 7.27. The normalized spacial score (nSPS) is 29.2. The standard InChI is InChI=1S/C8H16N5O3P/c1-2-11-7(15)12-5-3-4-13(10)6(14)8(5,9)17-16/h5H,2-4,9-10H2,1H3,(H2,11,12,15)/t5?,8-/m0/s1. The number of rotatable bonds is 3. The van der Waals surface area contributed by atoms with E-state index in [-0.39, 0.29) is 6.54 Å². The minimum atomic E-state index is -1.70. The fourth-order valence-electron chi connectivity index (χ4n) is 1.62.